The van der Waals surface area contributed by atoms with Gasteiger partial charge in [0.2, 0.25) is 0 Å². The molecule has 0 unspecified atom stereocenters. The first-order valence-corrected chi connectivity index (χ1v) is 34.9. The molecule has 0 saturated heterocycles. The Labute approximate surface area is 576 Å². The van der Waals surface area contributed by atoms with Crippen molar-refractivity contribution in [3.05, 3.63) is 384 Å². The SMILES string of the molecule is c1cc(-c2cccc3c2-c2ccccc2C32c3ccccc3-c3ccccc32)cc(N(c2ccc(-c3cccc4c3-c3ccccc3C43c4ccccc4-c4ccccc43)cc2)c2ccc(-c3ccc(-n4c5ccc6ccccc6c5c5c6ccccc6ccc54)cc3)c3nsnc23)c1. The fraction of sp³-hybridized carbons (Fsp3) is 0.0213. The minimum Gasteiger partial charge on any atom is -0.309 e. The van der Waals surface area contributed by atoms with E-state index in [1.54, 1.807) is 0 Å². The average Bonchev–Trinajstić information content (AvgIpc) is 1.51. The summed E-state index contributed by atoms with van der Waals surface area (Å²) in [4.78, 5) is 2.41. The lowest BCUT2D eigenvalue weighted by Crippen LogP contribution is -2.25. The molecule has 2 spiro atoms. The van der Waals surface area contributed by atoms with Crippen molar-refractivity contribution in [1.82, 2.24) is 13.3 Å². The van der Waals surface area contributed by atoms with Crippen LogP contribution in [0, 0.1) is 0 Å². The van der Waals surface area contributed by atoms with Crippen LogP contribution in [-0.4, -0.2) is 13.3 Å². The third kappa shape index (κ3) is 7.25. The molecule has 2 heterocycles. The van der Waals surface area contributed by atoms with E-state index in [0.29, 0.717) is 0 Å². The summed E-state index contributed by atoms with van der Waals surface area (Å²) in [6.07, 6.45) is 0. The van der Waals surface area contributed by atoms with Gasteiger partial charge in [0.15, 0.2) is 0 Å². The Hall–Kier alpha value is -12.5. The molecular formula is C94H56N4S. The third-order valence-electron chi connectivity index (χ3n) is 22.5. The zero-order valence-corrected chi connectivity index (χ0v) is 54.3. The highest BCUT2D eigenvalue weighted by atomic mass is 32.1. The number of rotatable bonds is 7. The predicted molar refractivity (Wildman–Crippen MR) is 410 cm³/mol. The summed E-state index contributed by atoms with van der Waals surface area (Å²) in [5.74, 6) is 0. The fourth-order valence-corrected chi connectivity index (χ4v) is 19.3. The third-order valence-corrected chi connectivity index (χ3v) is 23.0. The van der Waals surface area contributed by atoms with Crippen molar-refractivity contribution in [3.8, 4) is 83.6 Å². The number of aromatic nitrogens is 3. The van der Waals surface area contributed by atoms with Gasteiger partial charge in [-0.15, -0.1) is 0 Å². The van der Waals surface area contributed by atoms with Gasteiger partial charge in [-0.3, -0.25) is 0 Å². The van der Waals surface area contributed by atoms with E-state index in [1.807, 2.05) is 0 Å². The van der Waals surface area contributed by atoms with Gasteiger partial charge in [0.05, 0.1) is 39.3 Å². The van der Waals surface area contributed by atoms with Crippen molar-refractivity contribution in [2.75, 3.05) is 4.90 Å². The lowest BCUT2D eigenvalue weighted by Gasteiger charge is -2.30. The van der Waals surface area contributed by atoms with Crippen molar-refractivity contribution in [2.45, 2.75) is 10.8 Å². The normalized spacial score (nSPS) is 13.6. The lowest BCUT2D eigenvalue weighted by atomic mass is 9.70. The van der Waals surface area contributed by atoms with Gasteiger partial charge in [0.1, 0.15) is 11.0 Å². The first kappa shape index (κ1) is 54.7. The Morgan fingerprint density at radius 2 is 0.677 bits per heavy atom. The number of benzene rings is 16. The molecule has 18 aromatic rings. The molecule has 0 radical (unpaired) electrons. The summed E-state index contributed by atoms with van der Waals surface area (Å²) < 4.78 is 12.9. The molecule has 4 nitrogen and oxygen atoms in total. The Bertz CT molecular complexity index is 6320. The number of fused-ring (bicyclic) bond motifs is 28. The molecule has 4 aliphatic rings. The molecule has 5 heteroatoms. The molecule has 0 aliphatic heterocycles. The molecule has 22 rings (SSSR count). The van der Waals surface area contributed by atoms with Crippen LogP contribution >= 0.6 is 11.7 Å². The number of hydrogen-bond donors (Lipinski definition) is 0. The van der Waals surface area contributed by atoms with Crippen LogP contribution in [0.3, 0.4) is 0 Å². The summed E-state index contributed by atoms with van der Waals surface area (Å²) in [6.45, 7) is 0. The standard InChI is InChI=1S/C94H56N4S/c1-3-24-66-57(20-1)46-53-84-89(66)90-67-25-4-2-21-58(67)47-54-85(90)98(84)63-50-44-60(45-51-63)69-52-55-86(92-91(69)95-99-96-92)97(62-48-42-59(43-49-62)65-32-18-40-82-87(65)74-30-9-15-38-80(74)93(82)76-34-11-5-26-70(76)71-27-6-12-35-77(71)93)64-23-17-22-61(56-64)68-33-19-41-83-88(68)75-31-10-16-39-81(75)94(83)78-36-13-7-28-72(78)73-29-8-14-37-79(73)94/h1-56H. The highest BCUT2D eigenvalue weighted by Gasteiger charge is 2.53. The molecule has 458 valence electrons. The van der Waals surface area contributed by atoms with Crippen LogP contribution in [0.1, 0.15) is 44.5 Å². The topological polar surface area (TPSA) is 34.0 Å². The number of anilines is 3. The smallest absolute Gasteiger partial charge is 0.129 e. The highest BCUT2D eigenvalue weighted by Crippen LogP contribution is 2.66. The van der Waals surface area contributed by atoms with Crippen molar-refractivity contribution in [1.29, 1.82) is 0 Å². The van der Waals surface area contributed by atoms with E-state index < -0.39 is 10.8 Å². The molecule has 4 aliphatic carbocycles. The van der Waals surface area contributed by atoms with E-state index in [9.17, 15) is 0 Å². The zero-order chi connectivity index (χ0) is 64.7. The summed E-state index contributed by atoms with van der Waals surface area (Å²) in [5, 5.41) is 7.53. The average molecular weight is 1270 g/mol. The molecular weight excluding hydrogens is 1220 g/mol. The number of nitrogens with zero attached hydrogens (tertiary/aromatic N) is 4. The van der Waals surface area contributed by atoms with Crippen LogP contribution in [-0.2, 0) is 10.8 Å². The summed E-state index contributed by atoms with van der Waals surface area (Å²) in [7, 11) is 0. The molecule has 99 heavy (non-hydrogen) atoms. The highest BCUT2D eigenvalue weighted by molar-refractivity contribution is 7.00. The van der Waals surface area contributed by atoms with Crippen molar-refractivity contribution < 1.29 is 0 Å². The van der Waals surface area contributed by atoms with E-state index in [-0.39, 0.29) is 0 Å². The van der Waals surface area contributed by atoms with E-state index in [1.165, 1.54) is 155 Å². The Morgan fingerprint density at radius 3 is 1.20 bits per heavy atom. The number of hydrogen-bond acceptors (Lipinski definition) is 4. The van der Waals surface area contributed by atoms with Crippen LogP contribution in [0.15, 0.2) is 340 Å². The Morgan fingerprint density at radius 1 is 0.273 bits per heavy atom. The van der Waals surface area contributed by atoms with Crippen LogP contribution in [0.2, 0.25) is 0 Å². The fourth-order valence-electron chi connectivity index (χ4n) is 18.7. The summed E-state index contributed by atoms with van der Waals surface area (Å²) in [5.41, 5.74) is 35.0. The first-order chi connectivity index (χ1) is 49.1. The first-order valence-electron chi connectivity index (χ1n) is 34.2. The van der Waals surface area contributed by atoms with E-state index in [4.69, 9.17) is 8.75 Å². The molecule has 0 N–H and O–H groups in total. The van der Waals surface area contributed by atoms with Gasteiger partial charge in [-0.25, -0.2) is 0 Å². The maximum atomic E-state index is 5.26. The van der Waals surface area contributed by atoms with Gasteiger partial charge >= 0.3 is 0 Å². The molecule has 0 bridgehead atoms. The molecule has 2 aromatic heterocycles. The van der Waals surface area contributed by atoms with Crippen LogP contribution in [0.4, 0.5) is 17.1 Å². The molecule has 0 atom stereocenters. The quantitative estimate of drug-likeness (QED) is 0.159. The maximum absolute atomic E-state index is 5.26. The van der Waals surface area contributed by atoms with Gasteiger partial charge in [-0.1, -0.05) is 279 Å². The van der Waals surface area contributed by atoms with Gasteiger partial charge in [-0.05, 0) is 199 Å². The van der Waals surface area contributed by atoms with Crippen LogP contribution < -0.4 is 4.90 Å². The predicted octanol–water partition coefficient (Wildman–Crippen LogP) is 24.3. The van der Waals surface area contributed by atoms with Crippen molar-refractivity contribution >= 4 is 83.2 Å². The Balaban J connectivity index is 0.706. The molecule has 0 amide bonds. The molecule has 0 fully saturated rings. The second-order valence-corrected chi connectivity index (χ2v) is 27.5. The van der Waals surface area contributed by atoms with Crippen LogP contribution in [0.5, 0.6) is 0 Å². The second-order valence-electron chi connectivity index (χ2n) is 27.0. The van der Waals surface area contributed by atoms with Gasteiger partial charge in [0.25, 0.3) is 0 Å². The Kier molecular flexibility index (Phi) is 11.3. The van der Waals surface area contributed by atoms with Gasteiger partial charge < -0.3 is 9.47 Å². The van der Waals surface area contributed by atoms with E-state index in [0.717, 1.165) is 56.0 Å². The minimum atomic E-state index is -0.463. The van der Waals surface area contributed by atoms with E-state index >= 15 is 0 Å². The van der Waals surface area contributed by atoms with Crippen LogP contribution in [0.25, 0.3) is 138 Å². The van der Waals surface area contributed by atoms with Gasteiger partial charge in [0, 0.05) is 33.4 Å². The largest absolute Gasteiger partial charge is 0.309 e. The van der Waals surface area contributed by atoms with Gasteiger partial charge in [-0.2, -0.15) is 8.75 Å². The molecule has 0 saturated carbocycles. The summed E-state index contributed by atoms with van der Waals surface area (Å²) in [6, 6.07) is 127. The zero-order valence-electron chi connectivity index (χ0n) is 53.5. The molecule has 16 aromatic carbocycles. The minimum absolute atomic E-state index is 0.441. The van der Waals surface area contributed by atoms with E-state index in [2.05, 4.69) is 349 Å². The van der Waals surface area contributed by atoms with Crippen molar-refractivity contribution in [3.63, 3.8) is 0 Å². The monoisotopic (exact) mass is 1270 g/mol. The van der Waals surface area contributed by atoms with Crippen molar-refractivity contribution in [2.24, 2.45) is 0 Å². The second kappa shape index (κ2) is 20.5. The summed E-state index contributed by atoms with van der Waals surface area (Å²) >= 11 is 1.27. The maximum Gasteiger partial charge on any atom is 0.129 e. The lowest BCUT2D eigenvalue weighted by molar-refractivity contribution is 0.794.